The highest BCUT2D eigenvalue weighted by Gasteiger charge is 2.07. The van der Waals surface area contributed by atoms with Gasteiger partial charge in [0.1, 0.15) is 6.61 Å². The predicted octanol–water partition coefficient (Wildman–Crippen LogP) is 2.81. The van der Waals surface area contributed by atoms with Gasteiger partial charge in [-0.15, -0.1) is 11.3 Å². The summed E-state index contributed by atoms with van der Waals surface area (Å²) in [7, 11) is 1.64. The zero-order valence-electron chi connectivity index (χ0n) is 12.3. The molecule has 114 valence electrons. The van der Waals surface area contributed by atoms with E-state index in [9.17, 15) is 5.11 Å². The molecule has 21 heavy (non-hydrogen) atoms. The lowest BCUT2D eigenvalue weighted by Crippen LogP contribution is -2.23. The van der Waals surface area contributed by atoms with E-state index in [1.807, 2.05) is 35.7 Å². The summed E-state index contributed by atoms with van der Waals surface area (Å²) in [6.45, 7) is 3.56. The van der Waals surface area contributed by atoms with E-state index in [-0.39, 0.29) is 6.10 Å². The van der Waals surface area contributed by atoms with E-state index in [4.69, 9.17) is 9.47 Å². The third-order valence-corrected chi connectivity index (χ3v) is 3.80. The number of aliphatic hydroxyl groups excluding tert-OH is 1. The molecule has 1 heterocycles. The van der Waals surface area contributed by atoms with Crippen molar-refractivity contribution in [3.05, 3.63) is 46.2 Å². The maximum absolute atomic E-state index is 9.23. The van der Waals surface area contributed by atoms with Crippen LogP contribution in [0.2, 0.25) is 0 Å². The average Bonchev–Trinajstić information content (AvgIpc) is 2.98. The van der Waals surface area contributed by atoms with Crippen molar-refractivity contribution in [1.82, 2.24) is 5.32 Å². The standard InChI is InChI=1S/C16H21NO3S/c1-12(18)9-17-10-13-5-6-15(16(8-13)19-2)20-11-14-4-3-7-21-14/h3-8,12,17-18H,9-11H2,1-2H3/t12-/m1/s1. The zero-order chi connectivity index (χ0) is 15.1. The summed E-state index contributed by atoms with van der Waals surface area (Å²) in [6.07, 6.45) is -0.347. The number of ether oxygens (including phenoxy) is 2. The number of aliphatic hydroxyl groups is 1. The molecule has 1 aromatic carbocycles. The van der Waals surface area contributed by atoms with Crippen molar-refractivity contribution in [3.8, 4) is 11.5 Å². The first-order chi connectivity index (χ1) is 10.2. The Morgan fingerprint density at radius 3 is 2.81 bits per heavy atom. The second-order valence-corrected chi connectivity index (χ2v) is 5.87. The fourth-order valence-corrected chi connectivity index (χ4v) is 2.53. The molecule has 0 saturated heterocycles. The SMILES string of the molecule is COc1cc(CNC[C@@H](C)O)ccc1OCc1cccs1. The van der Waals surface area contributed by atoms with Crippen LogP contribution in [0.4, 0.5) is 0 Å². The largest absolute Gasteiger partial charge is 0.493 e. The van der Waals surface area contributed by atoms with Crippen molar-refractivity contribution in [2.24, 2.45) is 0 Å². The summed E-state index contributed by atoms with van der Waals surface area (Å²) >= 11 is 1.67. The van der Waals surface area contributed by atoms with Gasteiger partial charge in [-0.3, -0.25) is 0 Å². The third kappa shape index (κ3) is 5.04. The molecule has 0 saturated carbocycles. The van der Waals surface area contributed by atoms with Gasteiger partial charge in [-0.25, -0.2) is 0 Å². The highest BCUT2D eigenvalue weighted by Crippen LogP contribution is 2.29. The van der Waals surface area contributed by atoms with Crippen LogP contribution in [0.3, 0.4) is 0 Å². The number of thiophene rings is 1. The fraction of sp³-hybridized carbons (Fsp3) is 0.375. The number of rotatable bonds is 8. The summed E-state index contributed by atoms with van der Waals surface area (Å²) in [5.74, 6) is 1.47. The fourth-order valence-electron chi connectivity index (χ4n) is 1.91. The predicted molar refractivity (Wildman–Crippen MR) is 85.0 cm³/mol. The first-order valence-electron chi connectivity index (χ1n) is 6.90. The highest BCUT2D eigenvalue weighted by atomic mass is 32.1. The molecule has 4 nitrogen and oxygen atoms in total. The Balaban J connectivity index is 1.95. The summed E-state index contributed by atoms with van der Waals surface area (Å²) < 4.78 is 11.2. The van der Waals surface area contributed by atoms with E-state index in [0.29, 0.717) is 19.7 Å². The molecule has 2 aromatic rings. The molecule has 0 bridgehead atoms. The van der Waals surface area contributed by atoms with Crippen LogP contribution in [0.1, 0.15) is 17.4 Å². The molecular formula is C16H21NO3S. The van der Waals surface area contributed by atoms with Crippen molar-refractivity contribution >= 4 is 11.3 Å². The lowest BCUT2D eigenvalue weighted by molar-refractivity contribution is 0.191. The van der Waals surface area contributed by atoms with E-state index >= 15 is 0 Å². The van der Waals surface area contributed by atoms with Crippen molar-refractivity contribution in [3.63, 3.8) is 0 Å². The van der Waals surface area contributed by atoms with Gasteiger partial charge >= 0.3 is 0 Å². The monoisotopic (exact) mass is 307 g/mol. The van der Waals surface area contributed by atoms with Gasteiger partial charge in [-0.05, 0) is 36.1 Å². The quantitative estimate of drug-likeness (QED) is 0.787. The molecule has 0 aliphatic carbocycles. The average molecular weight is 307 g/mol. The van der Waals surface area contributed by atoms with Gasteiger partial charge in [-0.1, -0.05) is 12.1 Å². The lowest BCUT2D eigenvalue weighted by atomic mass is 10.2. The molecular weight excluding hydrogens is 286 g/mol. The van der Waals surface area contributed by atoms with Crippen molar-refractivity contribution in [2.45, 2.75) is 26.2 Å². The van der Waals surface area contributed by atoms with Gasteiger partial charge in [0.15, 0.2) is 11.5 Å². The van der Waals surface area contributed by atoms with Crippen LogP contribution in [-0.4, -0.2) is 24.9 Å². The van der Waals surface area contributed by atoms with Crippen molar-refractivity contribution in [2.75, 3.05) is 13.7 Å². The van der Waals surface area contributed by atoms with Crippen LogP contribution < -0.4 is 14.8 Å². The van der Waals surface area contributed by atoms with Crippen LogP contribution in [0.25, 0.3) is 0 Å². The Labute approximate surface area is 129 Å². The Morgan fingerprint density at radius 2 is 2.14 bits per heavy atom. The highest BCUT2D eigenvalue weighted by molar-refractivity contribution is 7.09. The summed E-state index contributed by atoms with van der Waals surface area (Å²) in [6, 6.07) is 9.94. The van der Waals surface area contributed by atoms with Gasteiger partial charge in [-0.2, -0.15) is 0 Å². The van der Waals surface area contributed by atoms with E-state index < -0.39 is 0 Å². The Bertz CT molecular complexity index is 540. The molecule has 5 heteroatoms. The lowest BCUT2D eigenvalue weighted by Gasteiger charge is -2.12. The van der Waals surface area contributed by atoms with Crippen LogP contribution in [0.5, 0.6) is 11.5 Å². The molecule has 0 fully saturated rings. The van der Waals surface area contributed by atoms with Crippen molar-refractivity contribution < 1.29 is 14.6 Å². The van der Waals surface area contributed by atoms with Gasteiger partial charge in [0, 0.05) is 18.0 Å². The second kappa shape index (κ2) is 8.02. The Hall–Kier alpha value is -1.56. The molecule has 0 aliphatic heterocycles. The zero-order valence-corrected chi connectivity index (χ0v) is 13.2. The molecule has 0 unspecified atom stereocenters. The topological polar surface area (TPSA) is 50.7 Å². The first-order valence-corrected chi connectivity index (χ1v) is 7.78. The maximum Gasteiger partial charge on any atom is 0.161 e. The first kappa shape index (κ1) is 15.8. The third-order valence-electron chi connectivity index (χ3n) is 2.95. The number of benzene rings is 1. The van der Waals surface area contributed by atoms with Gasteiger partial charge < -0.3 is 19.9 Å². The minimum Gasteiger partial charge on any atom is -0.493 e. The van der Waals surface area contributed by atoms with Crippen LogP contribution >= 0.6 is 11.3 Å². The molecule has 2 N–H and O–H groups in total. The molecule has 0 aliphatic rings. The van der Waals surface area contributed by atoms with Gasteiger partial charge in [0.05, 0.1) is 13.2 Å². The summed E-state index contributed by atoms with van der Waals surface area (Å²) in [4.78, 5) is 1.18. The molecule has 0 amide bonds. The minimum absolute atomic E-state index is 0.347. The van der Waals surface area contributed by atoms with E-state index in [1.54, 1.807) is 25.4 Å². The number of hydrogen-bond donors (Lipinski definition) is 2. The smallest absolute Gasteiger partial charge is 0.161 e. The number of methoxy groups -OCH3 is 1. The van der Waals surface area contributed by atoms with E-state index in [1.165, 1.54) is 4.88 Å². The molecule has 1 aromatic heterocycles. The normalized spacial score (nSPS) is 12.1. The van der Waals surface area contributed by atoms with Crippen LogP contribution in [-0.2, 0) is 13.2 Å². The Kier molecular flexibility index (Phi) is 6.04. The molecule has 1 atom stereocenters. The molecule has 0 radical (unpaired) electrons. The number of hydrogen-bond acceptors (Lipinski definition) is 5. The van der Waals surface area contributed by atoms with Gasteiger partial charge in [0.2, 0.25) is 0 Å². The molecule has 2 rings (SSSR count). The van der Waals surface area contributed by atoms with Crippen LogP contribution in [0, 0.1) is 0 Å². The van der Waals surface area contributed by atoms with E-state index in [2.05, 4.69) is 5.32 Å². The minimum atomic E-state index is -0.347. The number of nitrogens with one attached hydrogen (secondary N) is 1. The second-order valence-electron chi connectivity index (χ2n) is 4.83. The van der Waals surface area contributed by atoms with Gasteiger partial charge in [0.25, 0.3) is 0 Å². The Morgan fingerprint density at radius 1 is 1.29 bits per heavy atom. The molecule has 0 spiro atoms. The summed E-state index contributed by atoms with van der Waals surface area (Å²) in [5.41, 5.74) is 1.09. The van der Waals surface area contributed by atoms with Crippen molar-refractivity contribution in [1.29, 1.82) is 0 Å². The van der Waals surface area contributed by atoms with E-state index in [0.717, 1.165) is 17.1 Å². The van der Waals surface area contributed by atoms with Crippen LogP contribution in [0.15, 0.2) is 35.7 Å². The maximum atomic E-state index is 9.23. The summed E-state index contributed by atoms with van der Waals surface area (Å²) in [5, 5.41) is 14.4.